The molecule has 0 rings (SSSR count). The quantitative estimate of drug-likeness (QED) is 0.377. The average Bonchev–Trinajstić information content (AvgIpc) is 2.29. The van der Waals surface area contributed by atoms with Gasteiger partial charge in [-0.15, -0.1) is 0 Å². The van der Waals surface area contributed by atoms with Gasteiger partial charge in [0.05, 0.1) is 18.7 Å². The van der Waals surface area contributed by atoms with Crippen molar-refractivity contribution in [2.24, 2.45) is 5.92 Å². The number of ether oxygens (including phenoxy) is 1. The highest BCUT2D eigenvalue weighted by molar-refractivity contribution is 7.53. The van der Waals surface area contributed by atoms with Gasteiger partial charge in [0.2, 0.25) is 0 Å². The molecule has 6 heteroatoms. The lowest BCUT2D eigenvalue weighted by molar-refractivity contribution is -0.147. The van der Waals surface area contributed by atoms with Crippen LogP contribution in [0.15, 0.2) is 0 Å². The van der Waals surface area contributed by atoms with E-state index in [0.29, 0.717) is 6.61 Å². The van der Waals surface area contributed by atoms with Crippen molar-refractivity contribution < 1.29 is 23.1 Å². The highest BCUT2D eigenvalue weighted by Crippen LogP contribution is 2.47. The summed E-state index contributed by atoms with van der Waals surface area (Å²) in [5.74, 6) is -0.842. The molecule has 0 aromatic carbocycles. The predicted octanol–water partition coefficient (Wildman–Crippen LogP) is 2.45. The van der Waals surface area contributed by atoms with Crippen molar-refractivity contribution in [2.45, 2.75) is 26.7 Å². The summed E-state index contributed by atoms with van der Waals surface area (Å²) < 4.78 is 26.3. The monoisotopic (exact) mass is 252 g/mol. The zero-order valence-corrected chi connectivity index (χ0v) is 11.3. The second-order valence-electron chi connectivity index (χ2n) is 3.58. The van der Waals surface area contributed by atoms with E-state index in [2.05, 4.69) is 0 Å². The van der Waals surface area contributed by atoms with Gasteiger partial charge >= 0.3 is 13.6 Å². The van der Waals surface area contributed by atoms with Crippen molar-refractivity contribution in [3.05, 3.63) is 0 Å². The molecule has 0 saturated heterocycles. The Kier molecular flexibility index (Phi) is 7.64. The molecule has 0 N–H and O–H groups in total. The molecular formula is C10H21O5P. The Morgan fingerprint density at radius 1 is 1.31 bits per heavy atom. The molecule has 0 aliphatic heterocycles. The van der Waals surface area contributed by atoms with Gasteiger partial charge in [0.1, 0.15) is 0 Å². The molecule has 0 aromatic rings. The number of carbonyl (C=O) groups is 1. The molecule has 16 heavy (non-hydrogen) atoms. The Morgan fingerprint density at radius 3 is 2.31 bits per heavy atom. The van der Waals surface area contributed by atoms with Crippen LogP contribution in [0, 0.1) is 5.92 Å². The van der Waals surface area contributed by atoms with Crippen LogP contribution in [0.25, 0.3) is 0 Å². The van der Waals surface area contributed by atoms with Crippen LogP contribution in [-0.2, 0) is 23.1 Å². The van der Waals surface area contributed by atoms with Gasteiger partial charge in [-0.05, 0) is 6.42 Å². The Bertz CT molecular complexity index is 246. The number of esters is 1. The summed E-state index contributed by atoms with van der Waals surface area (Å²) in [6, 6.07) is 0. The first-order chi connectivity index (χ1) is 7.49. The van der Waals surface area contributed by atoms with E-state index in [4.69, 9.17) is 13.8 Å². The molecule has 5 nitrogen and oxygen atoms in total. The summed E-state index contributed by atoms with van der Waals surface area (Å²) in [6.07, 6.45) is 1.85. The topological polar surface area (TPSA) is 61.8 Å². The van der Waals surface area contributed by atoms with Crippen LogP contribution < -0.4 is 0 Å². The molecule has 1 unspecified atom stereocenters. The average molecular weight is 252 g/mol. The lowest BCUT2D eigenvalue weighted by atomic mass is 10.2. The summed E-state index contributed by atoms with van der Waals surface area (Å²) in [4.78, 5) is 11.5. The highest BCUT2D eigenvalue weighted by Gasteiger charge is 2.28. The van der Waals surface area contributed by atoms with E-state index in [1.165, 1.54) is 14.2 Å². The third-order valence-electron chi connectivity index (χ3n) is 2.20. The van der Waals surface area contributed by atoms with E-state index in [1.807, 2.05) is 6.92 Å². The predicted molar refractivity (Wildman–Crippen MR) is 61.5 cm³/mol. The first-order valence-electron chi connectivity index (χ1n) is 5.36. The molecule has 1 atom stereocenters. The first-order valence-corrected chi connectivity index (χ1v) is 7.09. The van der Waals surface area contributed by atoms with Gasteiger partial charge in [-0.2, -0.15) is 0 Å². The first kappa shape index (κ1) is 15.6. The largest absolute Gasteiger partial charge is 0.465 e. The van der Waals surface area contributed by atoms with E-state index < -0.39 is 13.5 Å². The zero-order valence-electron chi connectivity index (χ0n) is 10.4. The van der Waals surface area contributed by atoms with Crippen molar-refractivity contribution in [2.75, 3.05) is 27.0 Å². The molecule has 0 radical (unpaired) electrons. The van der Waals surface area contributed by atoms with Crippen LogP contribution in [0.4, 0.5) is 0 Å². The SMILES string of the molecule is CCCCOC(=O)C(C)CP(=O)(OC)OC. The van der Waals surface area contributed by atoms with Gasteiger partial charge in [-0.25, -0.2) is 0 Å². The third-order valence-corrected chi connectivity index (χ3v) is 4.31. The zero-order chi connectivity index (χ0) is 12.6. The van der Waals surface area contributed by atoms with Crippen LogP contribution in [0.1, 0.15) is 26.7 Å². The van der Waals surface area contributed by atoms with Crippen molar-refractivity contribution in [3.63, 3.8) is 0 Å². The van der Waals surface area contributed by atoms with E-state index in [0.717, 1.165) is 12.8 Å². The molecule has 0 aromatic heterocycles. The highest BCUT2D eigenvalue weighted by atomic mass is 31.2. The lowest BCUT2D eigenvalue weighted by Gasteiger charge is -2.17. The number of carbonyl (C=O) groups excluding carboxylic acids is 1. The van der Waals surface area contributed by atoms with Crippen LogP contribution in [0.5, 0.6) is 0 Å². The van der Waals surface area contributed by atoms with Crippen LogP contribution in [0.2, 0.25) is 0 Å². The van der Waals surface area contributed by atoms with Gasteiger partial charge in [0, 0.05) is 14.2 Å². The van der Waals surface area contributed by atoms with Gasteiger partial charge in [0.15, 0.2) is 0 Å². The summed E-state index contributed by atoms with van der Waals surface area (Å²) in [6.45, 7) is 4.07. The number of rotatable bonds is 8. The Hall–Kier alpha value is -0.380. The van der Waals surface area contributed by atoms with E-state index >= 15 is 0 Å². The Balaban J connectivity index is 4.09. The summed E-state index contributed by atoms with van der Waals surface area (Å²) >= 11 is 0. The molecule has 0 fully saturated rings. The molecule has 0 bridgehead atoms. The fourth-order valence-electron chi connectivity index (χ4n) is 1.09. The number of unbranched alkanes of at least 4 members (excludes halogenated alkanes) is 1. The van der Waals surface area contributed by atoms with Gasteiger partial charge in [0.25, 0.3) is 0 Å². The summed E-state index contributed by atoms with van der Waals surface area (Å²) in [7, 11) is -0.521. The minimum atomic E-state index is -3.13. The van der Waals surface area contributed by atoms with Gasteiger partial charge in [-0.1, -0.05) is 20.3 Å². The Morgan fingerprint density at radius 2 is 1.88 bits per heavy atom. The minimum Gasteiger partial charge on any atom is -0.465 e. The summed E-state index contributed by atoms with van der Waals surface area (Å²) in [5.41, 5.74) is 0. The fourth-order valence-corrected chi connectivity index (χ4v) is 2.36. The van der Waals surface area contributed by atoms with Crippen LogP contribution >= 0.6 is 7.60 Å². The smallest absolute Gasteiger partial charge is 0.331 e. The standard InChI is InChI=1S/C10H21O5P/c1-5-6-7-15-10(11)9(2)8-16(12,13-3)14-4/h9H,5-8H2,1-4H3. The third kappa shape index (κ3) is 5.64. The minimum absolute atomic E-state index is 0.0466. The maximum Gasteiger partial charge on any atom is 0.331 e. The van der Waals surface area contributed by atoms with Crippen molar-refractivity contribution in [1.82, 2.24) is 0 Å². The van der Waals surface area contributed by atoms with E-state index in [1.54, 1.807) is 6.92 Å². The number of hydrogen-bond acceptors (Lipinski definition) is 5. The number of hydrogen-bond donors (Lipinski definition) is 0. The molecule has 0 saturated carbocycles. The van der Waals surface area contributed by atoms with Crippen molar-refractivity contribution >= 4 is 13.6 Å². The van der Waals surface area contributed by atoms with Crippen molar-refractivity contribution in [3.8, 4) is 0 Å². The van der Waals surface area contributed by atoms with E-state index in [9.17, 15) is 9.36 Å². The molecule has 0 aliphatic carbocycles. The fraction of sp³-hybridized carbons (Fsp3) is 0.900. The summed E-state index contributed by atoms with van der Waals surface area (Å²) in [5, 5.41) is 0. The van der Waals surface area contributed by atoms with Gasteiger partial charge < -0.3 is 13.8 Å². The second-order valence-corrected chi connectivity index (χ2v) is 5.90. The molecule has 96 valence electrons. The molecular weight excluding hydrogens is 231 g/mol. The maximum absolute atomic E-state index is 11.7. The molecule has 0 heterocycles. The van der Waals surface area contributed by atoms with E-state index in [-0.39, 0.29) is 12.1 Å². The molecule has 0 spiro atoms. The Labute approximate surface area is 97.0 Å². The molecule has 0 aliphatic rings. The van der Waals surface area contributed by atoms with Crippen molar-refractivity contribution in [1.29, 1.82) is 0 Å². The maximum atomic E-state index is 11.7. The van der Waals surface area contributed by atoms with Gasteiger partial charge in [-0.3, -0.25) is 9.36 Å². The van der Waals surface area contributed by atoms with Crippen LogP contribution in [-0.4, -0.2) is 33.0 Å². The van der Waals surface area contributed by atoms with Crippen LogP contribution in [0.3, 0.4) is 0 Å². The normalized spacial score (nSPS) is 13.5. The lowest BCUT2D eigenvalue weighted by Crippen LogP contribution is -2.19. The molecule has 0 amide bonds. The second kappa shape index (κ2) is 7.82.